The molecule has 2 aromatic carbocycles. The number of carbonyl (C=O) groups excluding carboxylic acids is 2. The van der Waals surface area contributed by atoms with Crippen molar-refractivity contribution in [3.8, 4) is 11.3 Å². The lowest BCUT2D eigenvalue weighted by Gasteiger charge is -2.12. The second-order valence-electron chi connectivity index (χ2n) is 6.92. The van der Waals surface area contributed by atoms with Gasteiger partial charge in [-0.25, -0.2) is 0 Å². The highest BCUT2D eigenvalue weighted by Gasteiger charge is 2.35. The van der Waals surface area contributed by atoms with Gasteiger partial charge in [-0.1, -0.05) is 53.6 Å². The molecule has 29 heavy (non-hydrogen) atoms. The van der Waals surface area contributed by atoms with Gasteiger partial charge in [-0.2, -0.15) is 0 Å². The zero-order chi connectivity index (χ0) is 20.5. The highest BCUT2D eigenvalue weighted by Crippen LogP contribution is 2.34. The van der Waals surface area contributed by atoms with Gasteiger partial charge in [0.1, 0.15) is 11.5 Å². The second kappa shape index (κ2) is 7.93. The Morgan fingerprint density at radius 3 is 2.52 bits per heavy atom. The molecule has 1 saturated heterocycles. The van der Waals surface area contributed by atoms with Gasteiger partial charge in [0.25, 0.3) is 11.1 Å². The number of halogens is 1. The van der Waals surface area contributed by atoms with E-state index in [1.54, 1.807) is 12.1 Å². The van der Waals surface area contributed by atoms with E-state index in [0.29, 0.717) is 21.4 Å². The first kappa shape index (κ1) is 19.6. The monoisotopic (exact) mass is 423 g/mol. The normalized spacial score (nSPS) is 15.6. The SMILES string of the molecule is Cc1ccc(CN2C(=O)S/C(=C\c3ccc(-c4ccc(C)c(Cl)c4)o3)C2=O)cc1. The fourth-order valence-corrected chi connectivity index (χ4v) is 3.97. The first-order chi connectivity index (χ1) is 13.9. The van der Waals surface area contributed by atoms with Crippen LogP contribution in [0.5, 0.6) is 0 Å². The van der Waals surface area contributed by atoms with Crippen molar-refractivity contribution in [3.05, 3.63) is 87.0 Å². The number of imide groups is 1. The minimum atomic E-state index is -0.308. The topological polar surface area (TPSA) is 50.5 Å². The Bertz CT molecular complexity index is 1130. The lowest BCUT2D eigenvalue weighted by molar-refractivity contribution is -0.123. The van der Waals surface area contributed by atoms with Gasteiger partial charge >= 0.3 is 0 Å². The summed E-state index contributed by atoms with van der Waals surface area (Å²) >= 11 is 7.12. The number of hydrogen-bond acceptors (Lipinski definition) is 4. The van der Waals surface area contributed by atoms with Gasteiger partial charge in [0.05, 0.1) is 11.4 Å². The average Bonchev–Trinajstić information content (AvgIpc) is 3.26. The van der Waals surface area contributed by atoms with Crippen LogP contribution in [0.4, 0.5) is 4.79 Å². The molecule has 4 nitrogen and oxygen atoms in total. The number of hydrogen-bond donors (Lipinski definition) is 0. The van der Waals surface area contributed by atoms with Crippen molar-refractivity contribution >= 4 is 40.6 Å². The van der Waals surface area contributed by atoms with E-state index in [1.165, 1.54) is 4.90 Å². The maximum absolute atomic E-state index is 12.7. The van der Waals surface area contributed by atoms with Crippen LogP contribution in [0.25, 0.3) is 17.4 Å². The molecule has 2 amide bonds. The number of furan rings is 1. The number of carbonyl (C=O) groups is 2. The minimum absolute atomic E-state index is 0.257. The molecule has 1 aromatic heterocycles. The van der Waals surface area contributed by atoms with E-state index in [1.807, 2.05) is 62.4 Å². The smallest absolute Gasteiger partial charge is 0.293 e. The van der Waals surface area contributed by atoms with Crippen LogP contribution in [0.3, 0.4) is 0 Å². The van der Waals surface area contributed by atoms with Crippen LogP contribution < -0.4 is 0 Å². The van der Waals surface area contributed by atoms with Gasteiger partial charge in [0.2, 0.25) is 0 Å². The van der Waals surface area contributed by atoms with Crippen molar-refractivity contribution in [2.24, 2.45) is 0 Å². The molecule has 0 saturated carbocycles. The summed E-state index contributed by atoms with van der Waals surface area (Å²) in [5.41, 5.74) is 3.89. The zero-order valence-electron chi connectivity index (χ0n) is 15.9. The summed E-state index contributed by atoms with van der Waals surface area (Å²) in [4.78, 5) is 26.6. The van der Waals surface area contributed by atoms with Crippen LogP contribution >= 0.6 is 23.4 Å². The zero-order valence-corrected chi connectivity index (χ0v) is 17.5. The van der Waals surface area contributed by atoms with Gasteiger partial charge in [-0.3, -0.25) is 14.5 Å². The van der Waals surface area contributed by atoms with Crippen molar-refractivity contribution in [1.29, 1.82) is 0 Å². The van der Waals surface area contributed by atoms with Crippen molar-refractivity contribution in [3.63, 3.8) is 0 Å². The number of thioether (sulfide) groups is 1. The summed E-state index contributed by atoms with van der Waals surface area (Å²) in [6.07, 6.45) is 1.61. The first-order valence-corrected chi connectivity index (χ1v) is 10.3. The molecule has 0 radical (unpaired) electrons. The molecule has 0 N–H and O–H groups in total. The van der Waals surface area contributed by atoms with Crippen LogP contribution in [0.2, 0.25) is 5.02 Å². The largest absolute Gasteiger partial charge is 0.457 e. The number of rotatable bonds is 4. The molecule has 146 valence electrons. The molecule has 1 fully saturated rings. The summed E-state index contributed by atoms with van der Waals surface area (Å²) in [7, 11) is 0. The standard InChI is InChI=1S/C23H18ClNO3S/c1-14-3-6-16(7-4-14)13-25-22(26)21(29-23(25)27)12-18-9-10-20(28-18)17-8-5-15(2)19(24)11-17/h3-12H,13H2,1-2H3/b21-12-. The molecule has 4 rings (SSSR count). The molecule has 2 heterocycles. The van der Waals surface area contributed by atoms with Crippen molar-refractivity contribution < 1.29 is 14.0 Å². The predicted octanol–water partition coefficient (Wildman–Crippen LogP) is 6.45. The Hall–Kier alpha value is -2.76. The molecule has 0 aliphatic carbocycles. The predicted molar refractivity (Wildman–Crippen MR) is 117 cm³/mol. The van der Waals surface area contributed by atoms with E-state index in [-0.39, 0.29) is 17.7 Å². The Morgan fingerprint density at radius 1 is 1.03 bits per heavy atom. The number of aryl methyl sites for hydroxylation is 2. The van der Waals surface area contributed by atoms with Crippen LogP contribution in [0, 0.1) is 13.8 Å². The molecular weight excluding hydrogens is 406 g/mol. The molecule has 1 aliphatic heterocycles. The molecule has 0 unspecified atom stereocenters. The van der Waals surface area contributed by atoms with E-state index < -0.39 is 0 Å². The van der Waals surface area contributed by atoms with Crippen LogP contribution in [0.1, 0.15) is 22.5 Å². The number of amides is 2. The van der Waals surface area contributed by atoms with Gasteiger partial charge in [-0.05, 0) is 54.9 Å². The van der Waals surface area contributed by atoms with Gasteiger partial charge in [-0.15, -0.1) is 0 Å². The fraction of sp³-hybridized carbons (Fsp3) is 0.130. The van der Waals surface area contributed by atoms with E-state index in [9.17, 15) is 9.59 Å². The van der Waals surface area contributed by atoms with Crippen LogP contribution in [-0.2, 0) is 11.3 Å². The highest BCUT2D eigenvalue weighted by molar-refractivity contribution is 8.18. The van der Waals surface area contributed by atoms with Crippen LogP contribution in [-0.4, -0.2) is 16.0 Å². The van der Waals surface area contributed by atoms with Crippen molar-refractivity contribution in [2.75, 3.05) is 0 Å². The third-order valence-corrected chi connectivity index (χ3v) is 6.01. The summed E-state index contributed by atoms with van der Waals surface area (Å²) in [5, 5.41) is 0.386. The van der Waals surface area contributed by atoms with Gasteiger partial charge < -0.3 is 4.42 Å². The third-order valence-electron chi connectivity index (χ3n) is 4.69. The Kier molecular flexibility index (Phi) is 5.35. The number of nitrogens with zero attached hydrogens (tertiary/aromatic N) is 1. The van der Waals surface area contributed by atoms with E-state index in [4.69, 9.17) is 16.0 Å². The Morgan fingerprint density at radius 2 is 1.79 bits per heavy atom. The summed E-state index contributed by atoms with van der Waals surface area (Å²) in [5.74, 6) is 0.853. The van der Waals surface area contributed by atoms with E-state index >= 15 is 0 Å². The molecule has 3 aromatic rings. The summed E-state index contributed by atoms with van der Waals surface area (Å²) in [6.45, 7) is 4.19. The quantitative estimate of drug-likeness (QED) is 0.452. The molecule has 6 heteroatoms. The van der Waals surface area contributed by atoms with Crippen LogP contribution in [0.15, 0.2) is 63.9 Å². The Labute approximate surface area is 178 Å². The molecule has 1 aliphatic rings. The van der Waals surface area contributed by atoms with Gasteiger partial charge in [0, 0.05) is 16.7 Å². The summed E-state index contributed by atoms with van der Waals surface area (Å²) in [6, 6.07) is 17.1. The van der Waals surface area contributed by atoms with Crippen molar-refractivity contribution in [2.45, 2.75) is 20.4 Å². The maximum atomic E-state index is 12.7. The maximum Gasteiger partial charge on any atom is 0.293 e. The molecule has 0 spiro atoms. The minimum Gasteiger partial charge on any atom is -0.457 e. The van der Waals surface area contributed by atoms with E-state index in [0.717, 1.165) is 34.0 Å². The third kappa shape index (κ3) is 4.16. The molecular formula is C23H18ClNO3S. The lowest BCUT2D eigenvalue weighted by atomic mass is 10.1. The number of benzene rings is 2. The lowest BCUT2D eigenvalue weighted by Crippen LogP contribution is -2.27. The second-order valence-corrected chi connectivity index (χ2v) is 8.32. The van der Waals surface area contributed by atoms with E-state index in [2.05, 4.69) is 0 Å². The summed E-state index contributed by atoms with van der Waals surface area (Å²) < 4.78 is 5.85. The average molecular weight is 424 g/mol. The Balaban J connectivity index is 1.53. The van der Waals surface area contributed by atoms with Gasteiger partial charge in [0.15, 0.2) is 0 Å². The highest BCUT2D eigenvalue weighted by atomic mass is 35.5. The molecule has 0 atom stereocenters. The fourth-order valence-electron chi connectivity index (χ4n) is 2.97. The molecule has 0 bridgehead atoms. The first-order valence-electron chi connectivity index (χ1n) is 9.08. The van der Waals surface area contributed by atoms with Crippen molar-refractivity contribution in [1.82, 2.24) is 4.90 Å².